The zero-order chi connectivity index (χ0) is 19.1. The molecule has 3 rings (SSSR count). The predicted octanol–water partition coefficient (Wildman–Crippen LogP) is 3.91. The van der Waals surface area contributed by atoms with Crippen LogP contribution in [0.3, 0.4) is 0 Å². The van der Waals surface area contributed by atoms with Gasteiger partial charge in [0.05, 0.1) is 21.5 Å². The van der Waals surface area contributed by atoms with Crippen LogP contribution in [0.4, 0.5) is 5.13 Å². The monoisotopic (exact) mass is 477 g/mol. The zero-order valence-electron chi connectivity index (χ0n) is 14.1. The Morgan fingerprint density at radius 1 is 1.42 bits per heavy atom. The fourth-order valence-electron chi connectivity index (χ4n) is 2.58. The molecule has 2 heterocycles. The van der Waals surface area contributed by atoms with E-state index in [9.17, 15) is 13.2 Å². The van der Waals surface area contributed by atoms with Gasteiger partial charge < -0.3 is 0 Å². The zero-order valence-corrected chi connectivity index (χ0v) is 18.1. The molecule has 0 saturated heterocycles. The highest BCUT2D eigenvalue weighted by molar-refractivity contribution is 9.10. The van der Waals surface area contributed by atoms with Gasteiger partial charge in [-0.05, 0) is 32.0 Å². The molecule has 1 aliphatic rings. The lowest BCUT2D eigenvalue weighted by molar-refractivity contribution is 0.102. The van der Waals surface area contributed by atoms with E-state index in [1.165, 1.54) is 15.6 Å². The molecule has 10 heteroatoms. The van der Waals surface area contributed by atoms with Crippen molar-refractivity contribution >= 4 is 59.9 Å². The number of aromatic nitrogens is 1. The van der Waals surface area contributed by atoms with Gasteiger partial charge in [0.2, 0.25) is 10.0 Å². The van der Waals surface area contributed by atoms with E-state index in [0.29, 0.717) is 35.2 Å². The van der Waals surface area contributed by atoms with Crippen LogP contribution in [0.2, 0.25) is 5.02 Å². The van der Waals surface area contributed by atoms with Gasteiger partial charge in [-0.1, -0.05) is 27.5 Å². The number of hydrogen-bond donors (Lipinski definition) is 1. The highest BCUT2D eigenvalue weighted by atomic mass is 79.9. The lowest BCUT2D eigenvalue weighted by Gasteiger charge is -2.26. The molecule has 0 aliphatic carbocycles. The first-order chi connectivity index (χ1) is 12.2. The van der Waals surface area contributed by atoms with Crippen LogP contribution in [0.25, 0.3) is 0 Å². The Morgan fingerprint density at radius 2 is 2.15 bits per heavy atom. The summed E-state index contributed by atoms with van der Waals surface area (Å²) in [6.45, 7) is 4.04. The minimum Gasteiger partial charge on any atom is -0.298 e. The predicted molar refractivity (Wildman–Crippen MR) is 107 cm³/mol. The van der Waals surface area contributed by atoms with Crippen molar-refractivity contribution < 1.29 is 13.2 Å². The van der Waals surface area contributed by atoms with Crippen molar-refractivity contribution in [1.82, 2.24) is 9.29 Å². The largest absolute Gasteiger partial charge is 0.298 e. The maximum absolute atomic E-state index is 12.5. The summed E-state index contributed by atoms with van der Waals surface area (Å²) in [4.78, 5) is 17.8. The Balaban J connectivity index is 1.78. The van der Waals surface area contributed by atoms with Crippen LogP contribution in [0.15, 0.2) is 22.7 Å². The number of benzene rings is 1. The molecule has 0 spiro atoms. The number of nitrogens with zero attached hydrogens (tertiary/aromatic N) is 2. The van der Waals surface area contributed by atoms with E-state index >= 15 is 0 Å². The number of amides is 1. The van der Waals surface area contributed by atoms with Crippen molar-refractivity contribution in [1.29, 1.82) is 0 Å². The van der Waals surface area contributed by atoms with Gasteiger partial charge in [-0.2, -0.15) is 4.31 Å². The number of carbonyl (C=O) groups is 1. The molecule has 0 radical (unpaired) electrons. The first-order valence-corrected chi connectivity index (χ1v) is 11.4. The van der Waals surface area contributed by atoms with Crippen molar-refractivity contribution in [3.8, 4) is 0 Å². The van der Waals surface area contributed by atoms with E-state index in [-0.39, 0.29) is 5.91 Å². The molecule has 1 aromatic heterocycles. The molecule has 0 unspecified atom stereocenters. The molecule has 0 bridgehead atoms. The van der Waals surface area contributed by atoms with Crippen LogP contribution < -0.4 is 5.32 Å². The third kappa shape index (κ3) is 3.96. The van der Waals surface area contributed by atoms with E-state index in [4.69, 9.17) is 11.6 Å². The quantitative estimate of drug-likeness (QED) is 0.722. The Hall–Kier alpha value is -1.000. The maximum Gasteiger partial charge on any atom is 0.258 e. The summed E-state index contributed by atoms with van der Waals surface area (Å²) in [7, 11) is -3.31. The molecule has 2 aromatic rings. The third-order valence-corrected chi connectivity index (χ3v) is 8.09. The molecule has 140 valence electrons. The van der Waals surface area contributed by atoms with E-state index in [0.717, 1.165) is 15.0 Å². The lowest BCUT2D eigenvalue weighted by Crippen LogP contribution is -2.39. The number of carbonyl (C=O) groups excluding carboxylic acids is 1. The van der Waals surface area contributed by atoms with Crippen molar-refractivity contribution in [2.75, 3.05) is 11.9 Å². The fraction of sp³-hybridized carbons (Fsp3) is 0.375. The van der Waals surface area contributed by atoms with Gasteiger partial charge in [0, 0.05) is 28.9 Å². The molecule has 1 aliphatic heterocycles. The highest BCUT2D eigenvalue weighted by Gasteiger charge is 2.31. The van der Waals surface area contributed by atoms with Crippen LogP contribution in [-0.4, -0.2) is 35.4 Å². The molecule has 6 nitrogen and oxygen atoms in total. The van der Waals surface area contributed by atoms with Gasteiger partial charge >= 0.3 is 0 Å². The minimum atomic E-state index is -3.31. The summed E-state index contributed by atoms with van der Waals surface area (Å²) >= 11 is 10.7. The minimum absolute atomic E-state index is 0.293. The molecule has 1 aromatic carbocycles. The van der Waals surface area contributed by atoms with Gasteiger partial charge in [-0.15, -0.1) is 11.3 Å². The number of fused-ring (bicyclic) bond motifs is 1. The normalized spacial score (nSPS) is 15.1. The SMILES string of the molecule is CC(C)S(=O)(=O)N1CCc2nc(NC(=O)c3cc(Br)ccc3Cl)sc2C1. The molecular formula is C16H17BrClN3O3S2. The number of anilines is 1. The van der Waals surface area contributed by atoms with Crippen LogP contribution in [0.5, 0.6) is 0 Å². The molecule has 1 N–H and O–H groups in total. The van der Waals surface area contributed by atoms with E-state index in [1.807, 2.05) is 0 Å². The van der Waals surface area contributed by atoms with E-state index in [2.05, 4.69) is 26.2 Å². The molecule has 0 saturated carbocycles. The summed E-state index contributed by atoms with van der Waals surface area (Å²) in [6, 6.07) is 5.04. The molecule has 0 atom stereocenters. The van der Waals surface area contributed by atoms with Gasteiger partial charge in [0.1, 0.15) is 0 Å². The molecular weight excluding hydrogens is 462 g/mol. The number of sulfonamides is 1. The highest BCUT2D eigenvalue weighted by Crippen LogP contribution is 2.31. The van der Waals surface area contributed by atoms with Crippen molar-refractivity contribution in [3.63, 3.8) is 0 Å². The smallest absolute Gasteiger partial charge is 0.258 e. The fourth-order valence-corrected chi connectivity index (χ4v) is 5.49. The second-order valence-corrected chi connectivity index (χ2v) is 11.0. The van der Waals surface area contributed by atoms with Crippen LogP contribution in [0.1, 0.15) is 34.8 Å². The summed E-state index contributed by atoms with van der Waals surface area (Å²) < 4.78 is 26.9. The van der Waals surface area contributed by atoms with E-state index in [1.54, 1.807) is 32.0 Å². The second kappa shape index (κ2) is 7.55. The van der Waals surface area contributed by atoms with Gasteiger partial charge in [-0.25, -0.2) is 13.4 Å². The number of thiazole rings is 1. The van der Waals surface area contributed by atoms with Crippen molar-refractivity contribution in [2.24, 2.45) is 0 Å². The molecule has 1 amide bonds. The lowest BCUT2D eigenvalue weighted by atomic mass is 10.2. The van der Waals surface area contributed by atoms with E-state index < -0.39 is 15.3 Å². The summed E-state index contributed by atoms with van der Waals surface area (Å²) in [6.07, 6.45) is 0.533. The van der Waals surface area contributed by atoms with Crippen LogP contribution >= 0.6 is 38.9 Å². The number of hydrogen-bond acceptors (Lipinski definition) is 5. The molecule has 0 fully saturated rings. The number of halogens is 2. The van der Waals surface area contributed by atoms with Crippen LogP contribution in [0, 0.1) is 0 Å². The summed E-state index contributed by atoms with van der Waals surface area (Å²) in [5.74, 6) is -0.353. The topological polar surface area (TPSA) is 79.4 Å². The standard InChI is InChI=1S/C16H17BrClN3O3S2/c1-9(2)26(23,24)21-6-5-13-14(8-21)25-16(19-13)20-15(22)11-7-10(17)3-4-12(11)18/h3-4,7,9H,5-6,8H2,1-2H3,(H,19,20,22). The second-order valence-electron chi connectivity index (χ2n) is 6.14. The number of nitrogens with one attached hydrogen (secondary N) is 1. The average molecular weight is 479 g/mol. The van der Waals surface area contributed by atoms with Crippen LogP contribution in [-0.2, 0) is 23.0 Å². The van der Waals surface area contributed by atoms with Gasteiger partial charge in [0.25, 0.3) is 5.91 Å². The first kappa shape index (κ1) is 19.8. The van der Waals surface area contributed by atoms with Gasteiger partial charge in [0.15, 0.2) is 5.13 Å². The average Bonchev–Trinajstić information content (AvgIpc) is 2.97. The maximum atomic E-state index is 12.5. The number of rotatable bonds is 4. The summed E-state index contributed by atoms with van der Waals surface area (Å²) in [5, 5.41) is 3.08. The first-order valence-electron chi connectivity index (χ1n) is 7.92. The Kier molecular flexibility index (Phi) is 5.74. The van der Waals surface area contributed by atoms with Crippen molar-refractivity contribution in [2.45, 2.75) is 32.1 Å². The Labute approximate surface area is 169 Å². The third-order valence-electron chi connectivity index (χ3n) is 4.05. The Bertz CT molecular complexity index is 960. The molecule has 26 heavy (non-hydrogen) atoms. The van der Waals surface area contributed by atoms with Crippen molar-refractivity contribution in [3.05, 3.63) is 43.8 Å². The summed E-state index contributed by atoms with van der Waals surface area (Å²) in [5.41, 5.74) is 1.18. The Morgan fingerprint density at radius 3 is 2.85 bits per heavy atom. The van der Waals surface area contributed by atoms with Gasteiger partial charge in [-0.3, -0.25) is 10.1 Å².